The van der Waals surface area contributed by atoms with Crippen molar-refractivity contribution in [2.45, 2.75) is 6.54 Å². The molecule has 0 aromatic heterocycles. The Bertz CT molecular complexity index is 422. The molecule has 0 spiro atoms. The second-order valence-electron chi connectivity index (χ2n) is 4.44. The number of nitrogens with zero attached hydrogens (tertiary/aromatic N) is 1. The van der Waals surface area contributed by atoms with Crippen molar-refractivity contribution in [3.63, 3.8) is 0 Å². The van der Waals surface area contributed by atoms with E-state index in [-0.39, 0.29) is 0 Å². The molecule has 5 nitrogen and oxygen atoms in total. The summed E-state index contributed by atoms with van der Waals surface area (Å²) in [6, 6.07) is 9.83. The fraction of sp³-hybridized carbons (Fsp3) is 0.333. The first-order chi connectivity index (χ1) is 8.04. The van der Waals surface area contributed by atoms with Gasteiger partial charge in [0, 0.05) is 19.6 Å². The van der Waals surface area contributed by atoms with Gasteiger partial charge in [0.05, 0.1) is 0 Å². The van der Waals surface area contributed by atoms with Crippen LogP contribution in [0.3, 0.4) is 0 Å². The van der Waals surface area contributed by atoms with E-state index in [1.165, 1.54) is 0 Å². The predicted octanol–water partition coefficient (Wildman–Crippen LogP) is -0.541. The van der Waals surface area contributed by atoms with Gasteiger partial charge in [0.1, 0.15) is 0 Å². The zero-order valence-electron chi connectivity index (χ0n) is 9.43. The van der Waals surface area contributed by atoms with Gasteiger partial charge in [-0.2, -0.15) is 0 Å². The summed E-state index contributed by atoms with van der Waals surface area (Å²) in [5.74, 6) is -1.26. The molecule has 4 N–H and O–H groups in total. The van der Waals surface area contributed by atoms with Gasteiger partial charge in [0.15, 0.2) is 5.41 Å². The summed E-state index contributed by atoms with van der Waals surface area (Å²) in [7, 11) is 0. The zero-order valence-corrected chi connectivity index (χ0v) is 9.43. The van der Waals surface area contributed by atoms with E-state index in [1.807, 2.05) is 35.2 Å². The number of hydrogen-bond acceptors (Lipinski definition) is 3. The second-order valence-corrected chi connectivity index (χ2v) is 4.44. The predicted molar refractivity (Wildman–Crippen MR) is 62.5 cm³/mol. The summed E-state index contributed by atoms with van der Waals surface area (Å²) in [4.78, 5) is 24.5. The fourth-order valence-corrected chi connectivity index (χ4v) is 2.10. The molecular weight excluding hydrogens is 218 g/mol. The van der Waals surface area contributed by atoms with Crippen molar-refractivity contribution in [2.24, 2.45) is 16.9 Å². The van der Waals surface area contributed by atoms with Crippen LogP contribution in [0.1, 0.15) is 5.56 Å². The molecule has 1 fully saturated rings. The highest BCUT2D eigenvalue weighted by Gasteiger charge is 2.52. The summed E-state index contributed by atoms with van der Waals surface area (Å²) in [5, 5.41) is 0. The number of benzene rings is 1. The Kier molecular flexibility index (Phi) is 2.85. The molecule has 5 heteroatoms. The minimum atomic E-state index is -1.17. The SMILES string of the molecule is NC(=O)C1(C(N)=O)CN(Cc2ccccc2)C1. The third-order valence-corrected chi connectivity index (χ3v) is 3.18. The van der Waals surface area contributed by atoms with Crippen LogP contribution >= 0.6 is 0 Å². The van der Waals surface area contributed by atoms with Gasteiger partial charge in [0.25, 0.3) is 0 Å². The lowest BCUT2D eigenvalue weighted by molar-refractivity contribution is -0.152. The Morgan fingerprint density at radius 3 is 2.12 bits per heavy atom. The van der Waals surface area contributed by atoms with Gasteiger partial charge in [-0.1, -0.05) is 30.3 Å². The fourth-order valence-electron chi connectivity index (χ4n) is 2.10. The molecular formula is C12H15N3O2. The molecule has 1 aliphatic heterocycles. The molecule has 1 aromatic rings. The largest absolute Gasteiger partial charge is 0.369 e. The Morgan fingerprint density at radius 1 is 1.12 bits per heavy atom. The van der Waals surface area contributed by atoms with Crippen LogP contribution in [0.25, 0.3) is 0 Å². The molecule has 0 radical (unpaired) electrons. The molecule has 0 unspecified atom stereocenters. The molecule has 0 atom stereocenters. The lowest BCUT2D eigenvalue weighted by atomic mass is 9.78. The molecule has 90 valence electrons. The van der Waals surface area contributed by atoms with E-state index >= 15 is 0 Å². The van der Waals surface area contributed by atoms with Gasteiger partial charge < -0.3 is 11.5 Å². The van der Waals surface area contributed by atoms with E-state index in [1.54, 1.807) is 0 Å². The molecule has 17 heavy (non-hydrogen) atoms. The van der Waals surface area contributed by atoms with Crippen molar-refractivity contribution >= 4 is 11.8 Å². The Hall–Kier alpha value is -1.88. The van der Waals surface area contributed by atoms with Crippen LogP contribution < -0.4 is 11.5 Å². The van der Waals surface area contributed by atoms with Crippen molar-refractivity contribution in [1.82, 2.24) is 4.90 Å². The lowest BCUT2D eigenvalue weighted by Gasteiger charge is -2.45. The maximum atomic E-state index is 11.2. The third-order valence-electron chi connectivity index (χ3n) is 3.18. The molecule has 1 aliphatic rings. The van der Waals surface area contributed by atoms with Crippen molar-refractivity contribution in [1.29, 1.82) is 0 Å². The third kappa shape index (κ3) is 2.01. The normalized spacial score (nSPS) is 18.4. The first kappa shape index (κ1) is 11.6. The number of likely N-dealkylation sites (tertiary alicyclic amines) is 1. The molecule has 0 bridgehead atoms. The summed E-state index contributed by atoms with van der Waals surface area (Å²) >= 11 is 0. The van der Waals surface area contributed by atoms with Crippen LogP contribution in [0.5, 0.6) is 0 Å². The van der Waals surface area contributed by atoms with Crippen LogP contribution in [-0.4, -0.2) is 29.8 Å². The van der Waals surface area contributed by atoms with E-state index in [9.17, 15) is 9.59 Å². The molecule has 2 amide bonds. The van der Waals surface area contributed by atoms with Crippen LogP contribution in [0.2, 0.25) is 0 Å². The van der Waals surface area contributed by atoms with Gasteiger partial charge in [-0.25, -0.2) is 0 Å². The number of rotatable bonds is 4. The number of primary amides is 2. The summed E-state index contributed by atoms with van der Waals surface area (Å²) in [6.07, 6.45) is 0. The minimum Gasteiger partial charge on any atom is -0.369 e. The summed E-state index contributed by atoms with van der Waals surface area (Å²) in [6.45, 7) is 1.32. The van der Waals surface area contributed by atoms with Gasteiger partial charge in [0.2, 0.25) is 11.8 Å². The van der Waals surface area contributed by atoms with Crippen LogP contribution in [0, 0.1) is 5.41 Å². The molecule has 2 rings (SSSR count). The molecule has 1 aromatic carbocycles. The number of nitrogens with two attached hydrogens (primary N) is 2. The second kappa shape index (κ2) is 4.18. The van der Waals surface area contributed by atoms with Gasteiger partial charge in [-0.3, -0.25) is 14.5 Å². The molecule has 0 saturated carbocycles. The first-order valence-corrected chi connectivity index (χ1v) is 5.41. The number of amides is 2. The van der Waals surface area contributed by atoms with Crippen molar-refractivity contribution < 1.29 is 9.59 Å². The van der Waals surface area contributed by atoms with Gasteiger partial charge >= 0.3 is 0 Å². The van der Waals surface area contributed by atoms with Gasteiger partial charge in [-0.05, 0) is 5.56 Å². The number of carbonyl (C=O) groups excluding carboxylic acids is 2. The highest BCUT2D eigenvalue weighted by molar-refractivity contribution is 6.05. The number of carbonyl (C=O) groups is 2. The van der Waals surface area contributed by atoms with Crippen LogP contribution in [-0.2, 0) is 16.1 Å². The lowest BCUT2D eigenvalue weighted by Crippen LogP contribution is -2.67. The van der Waals surface area contributed by atoms with Crippen molar-refractivity contribution in [3.05, 3.63) is 35.9 Å². The van der Waals surface area contributed by atoms with E-state index < -0.39 is 17.2 Å². The van der Waals surface area contributed by atoms with Gasteiger partial charge in [-0.15, -0.1) is 0 Å². The first-order valence-electron chi connectivity index (χ1n) is 5.41. The molecule has 0 aliphatic carbocycles. The Morgan fingerprint density at radius 2 is 1.65 bits per heavy atom. The summed E-state index contributed by atoms with van der Waals surface area (Å²) in [5.41, 5.74) is 10.4. The quantitative estimate of drug-likeness (QED) is 0.684. The maximum absolute atomic E-state index is 11.2. The monoisotopic (exact) mass is 233 g/mol. The minimum absolute atomic E-state index is 0.312. The highest BCUT2D eigenvalue weighted by atomic mass is 16.2. The maximum Gasteiger partial charge on any atom is 0.235 e. The zero-order chi connectivity index (χ0) is 12.5. The van der Waals surface area contributed by atoms with E-state index in [0.29, 0.717) is 19.6 Å². The average molecular weight is 233 g/mol. The summed E-state index contributed by atoms with van der Waals surface area (Å²) < 4.78 is 0. The topological polar surface area (TPSA) is 89.4 Å². The van der Waals surface area contributed by atoms with Crippen molar-refractivity contribution in [2.75, 3.05) is 13.1 Å². The molecule has 1 heterocycles. The smallest absolute Gasteiger partial charge is 0.235 e. The van der Waals surface area contributed by atoms with E-state index in [4.69, 9.17) is 11.5 Å². The van der Waals surface area contributed by atoms with Crippen LogP contribution in [0.15, 0.2) is 30.3 Å². The standard InChI is InChI=1S/C12H15N3O2/c13-10(16)12(11(14)17)7-15(8-12)6-9-4-2-1-3-5-9/h1-5H,6-8H2,(H2,13,16)(H2,14,17). The van der Waals surface area contributed by atoms with E-state index in [2.05, 4.69) is 0 Å². The Labute approximate surface area is 99.4 Å². The Balaban J connectivity index is 1.98. The van der Waals surface area contributed by atoms with E-state index in [0.717, 1.165) is 5.56 Å². The average Bonchev–Trinajstić information content (AvgIpc) is 2.23. The molecule has 1 saturated heterocycles. The van der Waals surface area contributed by atoms with Crippen molar-refractivity contribution in [3.8, 4) is 0 Å². The number of hydrogen-bond donors (Lipinski definition) is 2. The highest BCUT2D eigenvalue weighted by Crippen LogP contribution is 2.30. The van der Waals surface area contributed by atoms with Crippen LogP contribution in [0.4, 0.5) is 0 Å².